The highest BCUT2D eigenvalue weighted by molar-refractivity contribution is 8.15. The zero-order valence-electron chi connectivity index (χ0n) is 20.2. The number of ether oxygens (including phenoxy) is 3. The van der Waals surface area contributed by atoms with Gasteiger partial charge in [-0.3, -0.25) is 14.9 Å². The van der Waals surface area contributed by atoms with Crippen molar-refractivity contribution < 1.29 is 28.2 Å². The van der Waals surface area contributed by atoms with Gasteiger partial charge in [0, 0.05) is 6.42 Å². The number of hydrogen-bond acceptors (Lipinski definition) is 6. The van der Waals surface area contributed by atoms with Gasteiger partial charge in [-0.05, 0) is 84.8 Å². The van der Waals surface area contributed by atoms with Gasteiger partial charge in [0.25, 0.3) is 5.24 Å². The van der Waals surface area contributed by atoms with E-state index in [1.807, 2.05) is 31.2 Å². The molecule has 0 aliphatic carbocycles. The van der Waals surface area contributed by atoms with Crippen LogP contribution in [0.2, 0.25) is 0 Å². The summed E-state index contributed by atoms with van der Waals surface area (Å²) in [7, 11) is 0. The van der Waals surface area contributed by atoms with E-state index in [0.29, 0.717) is 54.6 Å². The van der Waals surface area contributed by atoms with Gasteiger partial charge in [0.15, 0.2) is 0 Å². The van der Waals surface area contributed by atoms with Gasteiger partial charge in [-0.25, -0.2) is 4.39 Å². The van der Waals surface area contributed by atoms with Crippen LogP contribution in [0, 0.1) is 0 Å². The highest BCUT2D eigenvalue weighted by Crippen LogP contribution is 2.41. The molecule has 1 N–H and O–H groups in total. The summed E-state index contributed by atoms with van der Waals surface area (Å²) in [6, 6.07) is 21.5. The number of halogens is 1. The van der Waals surface area contributed by atoms with E-state index in [2.05, 4.69) is 5.32 Å². The lowest BCUT2D eigenvalue weighted by Gasteiger charge is -2.19. The first-order valence-corrected chi connectivity index (χ1v) is 12.6. The summed E-state index contributed by atoms with van der Waals surface area (Å²) < 4.78 is 30.4. The number of nitrogens with one attached hydrogen (secondary N) is 1. The lowest BCUT2D eigenvalue weighted by molar-refractivity contribution is -0.121. The molecule has 2 amide bonds. The molecule has 6 nitrogen and oxygen atoms in total. The Kier molecular flexibility index (Phi) is 8.15. The van der Waals surface area contributed by atoms with E-state index >= 15 is 0 Å². The highest BCUT2D eigenvalue weighted by atomic mass is 32.2. The average molecular weight is 510 g/mol. The van der Waals surface area contributed by atoms with E-state index in [9.17, 15) is 14.0 Å². The van der Waals surface area contributed by atoms with Gasteiger partial charge >= 0.3 is 0 Å². The monoisotopic (exact) mass is 509 g/mol. The molecule has 0 radical (unpaired) electrons. The summed E-state index contributed by atoms with van der Waals surface area (Å²) in [5.74, 6) is 2.32. The Labute approximate surface area is 214 Å². The average Bonchev–Trinajstić information content (AvgIpc) is 3.16. The van der Waals surface area contributed by atoms with Crippen molar-refractivity contribution in [2.24, 2.45) is 0 Å². The van der Waals surface area contributed by atoms with Crippen LogP contribution in [0.4, 0.5) is 9.18 Å². The van der Waals surface area contributed by atoms with E-state index in [1.54, 1.807) is 55.5 Å². The molecule has 1 saturated heterocycles. The second-order valence-corrected chi connectivity index (χ2v) is 9.86. The molecule has 3 aromatic rings. The van der Waals surface area contributed by atoms with Crippen LogP contribution in [-0.2, 0) is 9.54 Å². The summed E-state index contributed by atoms with van der Waals surface area (Å²) >= 11 is 0.982. The van der Waals surface area contributed by atoms with Gasteiger partial charge in [0.2, 0.25) is 5.91 Å². The maximum atomic E-state index is 13.9. The third-order valence-corrected chi connectivity index (χ3v) is 6.93. The number of rotatable bonds is 11. The van der Waals surface area contributed by atoms with Crippen LogP contribution in [0.3, 0.4) is 0 Å². The standard InChI is InChI=1S/C28H28FNO5S/c1-3-25(29)19-6-4-7-24(18-19)35-23-14-12-22(13-15-23)34-17-5-16-33-21-10-8-20(9-11-21)28(2)26(31)30-27(32)36-28/h4,6-15,18,25H,3,5,16-17H2,1-2H3,(H,30,31,32). The second-order valence-electron chi connectivity index (χ2n) is 8.47. The zero-order valence-corrected chi connectivity index (χ0v) is 21.0. The number of carbonyl (C=O) groups is 2. The third-order valence-electron chi connectivity index (χ3n) is 5.81. The summed E-state index contributed by atoms with van der Waals surface area (Å²) in [5.41, 5.74) is 1.36. The van der Waals surface area contributed by atoms with Crippen LogP contribution in [0.5, 0.6) is 23.0 Å². The molecule has 2 unspecified atom stereocenters. The van der Waals surface area contributed by atoms with Crippen LogP contribution in [0.25, 0.3) is 0 Å². The minimum Gasteiger partial charge on any atom is -0.493 e. The third kappa shape index (κ3) is 6.18. The number of carbonyl (C=O) groups excluding carboxylic acids is 2. The normalized spacial score (nSPS) is 18.0. The number of thioether (sulfide) groups is 1. The fourth-order valence-corrected chi connectivity index (χ4v) is 4.63. The van der Waals surface area contributed by atoms with Crippen molar-refractivity contribution in [1.29, 1.82) is 0 Å². The summed E-state index contributed by atoms with van der Waals surface area (Å²) in [6.07, 6.45) is 0.107. The molecule has 3 aromatic carbocycles. The first-order valence-electron chi connectivity index (χ1n) is 11.8. The quantitative estimate of drug-likeness (QED) is 0.282. The number of imide groups is 1. The van der Waals surface area contributed by atoms with Crippen LogP contribution >= 0.6 is 11.8 Å². The van der Waals surface area contributed by atoms with Gasteiger partial charge in [0.1, 0.15) is 33.9 Å². The van der Waals surface area contributed by atoms with Crippen LogP contribution in [0.1, 0.15) is 44.0 Å². The Morgan fingerprint density at radius 1 is 0.889 bits per heavy atom. The molecule has 36 heavy (non-hydrogen) atoms. The molecular formula is C28H28FNO5S. The summed E-state index contributed by atoms with van der Waals surface area (Å²) in [5, 5.41) is 1.99. The molecule has 4 rings (SSSR count). The van der Waals surface area contributed by atoms with Crippen molar-refractivity contribution in [1.82, 2.24) is 5.32 Å². The topological polar surface area (TPSA) is 73.9 Å². The largest absolute Gasteiger partial charge is 0.493 e. The van der Waals surface area contributed by atoms with Gasteiger partial charge in [-0.1, -0.05) is 31.2 Å². The molecule has 1 aliphatic heterocycles. The molecule has 1 fully saturated rings. The summed E-state index contributed by atoms with van der Waals surface area (Å²) in [6.45, 7) is 4.49. The lowest BCUT2D eigenvalue weighted by atomic mass is 9.99. The molecule has 8 heteroatoms. The molecule has 0 saturated carbocycles. The van der Waals surface area contributed by atoms with Crippen LogP contribution in [-0.4, -0.2) is 24.4 Å². The Balaban J connectivity index is 1.19. The SMILES string of the molecule is CCC(F)c1cccc(Oc2ccc(OCCCOc3ccc(C4(C)SC(=O)NC4=O)cc3)cc2)c1. The molecule has 2 atom stereocenters. The maximum Gasteiger partial charge on any atom is 0.287 e. The first-order chi connectivity index (χ1) is 17.4. The Morgan fingerprint density at radius 2 is 1.50 bits per heavy atom. The van der Waals surface area contributed by atoms with Gasteiger partial charge in [0.05, 0.1) is 13.2 Å². The molecule has 1 heterocycles. The Hall–Kier alpha value is -3.52. The van der Waals surface area contributed by atoms with E-state index in [0.717, 1.165) is 17.3 Å². The van der Waals surface area contributed by atoms with Crippen molar-refractivity contribution in [2.75, 3.05) is 13.2 Å². The van der Waals surface area contributed by atoms with Crippen molar-refractivity contribution in [2.45, 2.75) is 37.6 Å². The highest BCUT2D eigenvalue weighted by Gasteiger charge is 2.45. The van der Waals surface area contributed by atoms with Crippen LogP contribution < -0.4 is 19.5 Å². The van der Waals surface area contributed by atoms with E-state index in [1.165, 1.54) is 0 Å². The van der Waals surface area contributed by atoms with Gasteiger partial charge in [-0.2, -0.15) is 0 Å². The van der Waals surface area contributed by atoms with Crippen molar-refractivity contribution in [3.8, 4) is 23.0 Å². The molecule has 1 aliphatic rings. The fourth-order valence-electron chi connectivity index (χ4n) is 3.72. The predicted molar refractivity (Wildman–Crippen MR) is 138 cm³/mol. The van der Waals surface area contributed by atoms with E-state index in [4.69, 9.17) is 14.2 Å². The Bertz CT molecular complexity index is 1200. The molecule has 0 aromatic heterocycles. The zero-order chi connectivity index (χ0) is 25.5. The smallest absolute Gasteiger partial charge is 0.287 e. The molecule has 0 spiro atoms. The van der Waals surface area contributed by atoms with Gasteiger partial charge < -0.3 is 14.2 Å². The van der Waals surface area contributed by atoms with Crippen LogP contribution in [0.15, 0.2) is 72.8 Å². The minimum atomic E-state index is -0.998. The molecule has 0 bridgehead atoms. The summed E-state index contributed by atoms with van der Waals surface area (Å²) in [4.78, 5) is 23.6. The maximum absolute atomic E-state index is 13.9. The second kappa shape index (κ2) is 11.5. The van der Waals surface area contributed by atoms with Gasteiger partial charge in [-0.15, -0.1) is 0 Å². The first kappa shape index (κ1) is 25.6. The van der Waals surface area contributed by atoms with Crippen molar-refractivity contribution in [3.63, 3.8) is 0 Å². The number of alkyl halides is 1. The number of benzene rings is 3. The fraction of sp³-hybridized carbons (Fsp3) is 0.286. The predicted octanol–water partition coefficient (Wildman–Crippen LogP) is 6.95. The lowest BCUT2D eigenvalue weighted by Crippen LogP contribution is -2.31. The van der Waals surface area contributed by atoms with E-state index in [-0.39, 0.29) is 11.1 Å². The molecule has 188 valence electrons. The van der Waals surface area contributed by atoms with E-state index < -0.39 is 10.9 Å². The molecular weight excluding hydrogens is 481 g/mol. The van der Waals surface area contributed by atoms with Crippen molar-refractivity contribution >= 4 is 22.9 Å². The number of amides is 2. The van der Waals surface area contributed by atoms with Crippen molar-refractivity contribution in [3.05, 3.63) is 83.9 Å². The number of hydrogen-bond donors (Lipinski definition) is 1. The Morgan fingerprint density at radius 3 is 2.08 bits per heavy atom. The minimum absolute atomic E-state index is 0.306.